The summed E-state index contributed by atoms with van der Waals surface area (Å²) in [5.41, 5.74) is 4.63. The Morgan fingerprint density at radius 2 is 1.89 bits per heavy atom. The largest absolute Gasteiger partial charge is 0.369 e. The molecule has 4 aromatic rings. The number of nitrogens with one attached hydrogen (secondary N) is 1. The molecule has 1 aromatic carbocycles. The summed E-state index contributed by atoms with van der Waals surface area (Å²) in [6.07, 6.45) is 4.62. The molecule has 140 valence electrons. The Hall–Kier alpha value is -3.41. The molecule has 0 amide bonds. The lowest BCUT2D eigenvalue weighted by Crippen LogP contribution is -2.11. The molecule has 0 bridgehead atoms. The van der Waals surface area contributed by atoms with E-state index in [0.717, 1.165) is 39.2 Å². The summed E-state index contributed by atoms with van der Waals surface area (Å²) >= 11 is 0. The van der Waals surface area contributed by atoms with Crippen molar-refractivity contribution in [1.29, 1.82) is 0 Å². The average Bonchev–Trinajstić information content (AvgIpc) is 2.72. The Bertz CT molecular complexity index is 1110. The van der Waals surface area contributed by atoms with E-state index in [4.69, 9.17) is 0 Å². The number of hydrogen-bond donors (Lipinski definition) is 1. The predicted octanol–water partition coefficient (Wildman–Crippen LogP) is 4.75. The van der Waals surface area contributed by atoms with Crippen molar-refractivity contribution in [3.05, 3.63) is 78.3 Å². The van der Waals surface area contributed by atoms with Crippen LogP contribution >= 0.6 is 0 Å². The van der Waals surface area contributed by atoms with Gasteiger partial charge in [0.25, 0.3) is 0 Å². The molecule has 0 aliphatic carbocycles. The predicted molar refractivity (Wildman–Crippen MR) is 109 cm³/mol. The van der Waals surface area contributed by atoms with Crippen molar-refractivity contribution in [3.8, 4) is 11.3 Å². The van der Waals surface area contributed by atoms with Gasteiger partial charge in [0.2, 0.25) is 0 Å². The van der Waals surface area contributed by atoms with Crippen molar-refractivity contribution >= 4 is 16.7 Å². The van der Waals surface area contributed by atoms with Gasteiger partial charge in [0, 0.05) is 41.4 Å². The third-order valence-electron chi connectivity index (χ3n) is 4.70. The summed E-state index contributed by atoms with van der Waals surface area (Å²) in [5, 5.41) is 4.17. The van der Waals surface area contributed by atoms with Crippen molar-refractivity contribution in [1.82, 2.24) is 19.9 Å². The zero-order valence-corrected chi connectivity index (χ0v) is 15.7. The van der Waals surface area contributed by atoms with Crippen LogP contribution in [-0.2, 0) is 0 Å². The zero-order valence-electron chi connectivity index (χ0n) is 15.7. The monoisotopic (exact) mass is 373 g/mol. The van der Waals surface area contributed by atoms with Crippen molar-refractivity contribution in [2.75, 3.05) is 11.9 Å². The highest BCUT2D eigenvalue weighted by Crippen LogP contribution is 2.25. The number of pyridine rings is 2. The van der Waals surface area contributed by atoms with E-state index in [-0.39, 0.29) is 11.7 Å². The topological polar surface area (TPSA) is 63.6 Å². The maximum atomic E-state index is 13.4. The minimum atomic E-state index is -0.325. The quantitative estimate of drug-likeness (QED) is 0.547. The highest BCUT2D eigenvalue weighted by molar-refractivity contribution is 5.82. The minimum absolute atomic E-state index is 0.168. The molecule has 4 rings (SSSR count). The summed E-state index contributed by atoms with van der Waals surface area (Å²) < 4.78 is 13.4. The van der Waals surface area contributed by atoms with Crippen LogP contribution in [0.2, 0.25) is 0 Å². The van der Waals surface area contributed by atoms with Crippen LogP contribution in [0.4, 0.5) is 10.2 Å². The summed E-state index contributed by atoms with van der Waals surface area (Å²) in [6.45, 7) is 4.73. The first kappa shape index (κ1) is 18.0. The van der Waals surface area contributed by atoms with Gasteiger partial charge in [-0.05, 0) is 30.7 Å². The molecule has 1 unspecified atom stereocenters. The van der Waals surface area contributed by atoms with Gasteiger partial charge in [0.1, 0.15) is 18.0 Å². The Morgan fingerprint density at radius 3 is 2.71 bits per heavy atom. The normalized spacial score (nSPS) is 12.1. The number of para-hydroxylation sites is 1. The second kappa shape index (κ2) is 7.68. The van der Waals surface area contributed by atoms with Crippen molar-refractivity contribution in [3.63, 3.8) is 0 Å². The molecule has 1 N–H and O–H groups in total. The standard InChI is InChI=1S/C22H20FN5/c1-14(19-5-3-4-16-8-18(23)12-26-22(16)19)10-25-21-9-20(27-13-28-21)17-7-6-15(2)24-11-17/h3-9,11-14H,10H2,1-2H3,(H,25,27,28). The average molecular weight is 373 g/mol. The van der Waals surface area contributed by atoms with Gasteiger partial charge in [-0.1, -0.05) is 25.1 Å². The van der Waals surface area contributed by atoms with E-state index in [2.05, 4.69) is 32.2 Å². The third-order valence-corrected chi connectivity index (χ3v) is 4.70. The maximum Gasteiger partial charge on any atom is 0.142 e. The molecule has 0 saturated heterocycles. The molecule has 0 radical (unpaired) electrons. The highest BCUT2D eigenvalue weighted by Gasteiger charge is 2.12. The van der Waals surface area contributed by atoms with E-state index in [9.17, 15) is 4.39 Å². The van der Waals surface area contributed by atoms with Gasteiger partial charge < -0.3 is 5.32 Å². The summed E-state index contributed by atoms with van der Waals surface area (Å²) in [6, 6.07) is 13.2. The van der Waals surface area contributed by atoms with Gasteiger partial charge in [-0.3, -0.25) is 9.97 Å². The lowest BCUT2D eigenvalue weighted by atomic mass is 9.98. The first-order chi connectivity index (χ1) is 13.6. The number of fused-ring (bicyclic) bond motifs is 1. The molecule has 3 heterocycles. The van der Waals surface area contributed by atoms with E-state index in [1.54, 1.807) is 6.33 Å². The highest BCUT2D eigenvalue weighted by atomic mass is 19.1. The van der Waals surface area contributed by atoms with Crippen LogP contribution in [0.1, 0.15) is 24.1 Å². The molecule has 0 saturated carbocycles. The Morgan fingerprint density at radius 1 is 1.00 bits per heavy atom. The van der Waals surface area contributed by atoms with E-state index in [1.165, 1.54) is 12.3 Å². The molecule has 28 heavy (non-hydrogen) atoms. The number of rotatable bonds is 5. The zero-order chi connectivity index (χ0) is 19.5. The molecular weight excluding hydrogens is 353 g/mol. The van der Waals surface area contributed by atoms with Gasteiger partial charge in [-0.25, -0.2) is 14.4 Å². The van der Waals surface area contributed by atoms with E-state index in [1.807, 2.05) is 49.5 Å². The van der Waals surface area contributed by atoms with Crippen molar-refractivity contribution in [2.24, 2.45) is 0 Å². The summed E-state index contributed by atoms with van der Waals surface area (Å²) in [4.78, 5) is 17.3. The van der Waals surface area contributed by atoms with Gasteiger partial charge in [0.05, 0.1) is 17.4 Å². The van der Waals surface area contributed by atoms with Gasteiger partial charge >= 0.3 is 0 Å². The Balaban J connectivity index is 1.52. The fraction of sp³-hybridized carbons (Fsp3) is 0.182. The van der Waals surface area contributed by atoms with Crippen LogP contribution in [-0.4, -0.2) is 26.5 Å². The molecule has 1 atom stereocenters. The van der Waals surface area contributed by atoms with Crippen LogP contribution < -0.4 is 5.32 Å². The Kier molecular flexibility index (Phi) is 4.93. The molecule has 5 nitrogen and oxygen atoms in total. The third kappa shape index (κ3) is 3.81. The fourth-order valence-electron chi connectivity index (χ4n) is 3.15. The number of aryl methyl sites for hydroxylation is 1. The second-order valence-corrected chi connectivity index (χ2v) is 6.83. The molecule has 6 heteroatoms. The van der Waals surface area contributed by atoms with E-state index in [0.29, 0.717) is 6.54 Å². The molecule has 0 aliphatic rings. The van der Waals surface area contributed by atoms with Crippen molar-refractivity contribution < 1.29 is 4.39 Å². The summed E-state index contributed by atoms with van der Waals surface area (Å²) in [7, 11) is 0. The number of anilines is 1. The molecule has 0 aliphatic heterocycles. The number of hydrogen-bond acceptors (Lipinski definition) is 5. The van der Waals surface area contributed by atoms with Crippen molar-refractivity contribution in [2.45, 2.75) is 19.8 Å². The van der Waals surface area contributed by atoms with Crippen LogP contribution in [0, 0.1) is 12.7 Å². The molecular formula is C22H20FN5. The second-order valence-electron chi connectivity index (χ2n) is 6.83. The van der Waals surface area contributed by atoms with Crippen LogP contribution in [0.25, 0.3) is 22.2 Å². The Labute approximate surface area is 162 Å². The molecule has 0 spiro atoms. The fourth-order valence-corrected chi connectivity index (χ4v) is 3.15. The number of halogens is 1. The molecule has 3 aromatic heterocycles. The van der Waals surface area contributed by atoms with Crippen LogP contribution in [0.3, 0.4) is 0 Å². The molecule has 0 fully saturated rings. The first-order valence-electron chi connectivity index (χ1n) is 9.13. The number of benzene rings is 1. The lowest BCUT2D eigenvalue weighted by molar-refractivity contribution is 0.624. The van der Waals surface area contributed by atoms with Crippen LogP contribution in [0.5, 0.6) is 0 Å². The van der Waals surface area contributed by atoms with E-state index < -0.39 is 0 Å². The van der Waals surface area contributed by atoms with Gasteiger partial charge in [-0.15, -0.1) is 0 Å². The smallest absolute Gasteiger partial charge is 0.142 e. The SMILES string of the molecule is Cc1ccc(-c2cc(NCC(C)c3cccc4cc(F)cnc34)ncn2)cn1. The lowest BCUT2D eigenvalue weighted by Gasteiger charge is -2.15. The minimum Gasteiger partial charge on any atom is -0.369 e. The van der Waals surface area contributed by atoms with Gasteiger partial charge in [0.15, 0.2) is 0 Å². The van der Waals surface area contributed by atoms with Gasteiger partial charge in [-0.2, -0.15) is 0 Å². The maximum absolute atomic E-state index is 13.4. The first-order valence-corrected chi connectivity index (χ1v) is 9.13. The van der Waals surface area contributed by atoms with E-state index >= 15 is 0 Å². The number of aromatic nitrogens is 4. The van der Waals surface area contributed by atoms with Crippen LogP contribution in [0.15, 0.2) is 61.2 Å². The summed E-state index contributed by atoms with van der Waals surface area (Å²) in [5.74, 6) is 0.590. The number of nitrogens with zero attached hydrogens (tertiary/aromatic N) is 4.